The largest absolute Gasteiger partial charge is 0.392 e. The maximum Gasteiger partial charge on any atom is 0.243 e. The Hall–Kier alpha value is -3.35. The van der Waals surface area contributed by atoms with Crippen LogP contribution in [0.2, 0.25) is 0 Å². The lowest BCUT2D eigenvalue weighted by Crippen LogP contribution is -2.31. The SMILES string of the molecule is O=C(CCCCCCC(=O)NCc1ccc(C2OC(CSc3ncccn3)CC(c3ccc(CO)cc3)O2)cc1)NO. The van der Waals surface area contributed by atoms with Gasteiger partial charge in [-0.25, -0.2) is 15.4 Å². The predicted molar refractivity (Wildman–Crippen MR) is 157 cm³/mol. The van der Waals surface area contributed by atoms with Crippen molar-refractivity contribution in [1.29, 1.82) is 0 Å². The molecule has 1 fully saturated rings. The fourth-order valence-electron chi connectivity index (χ4n) is 4.61. The lowest BCUT2D eigenvalue weighted by Gasteiger charge is -2.36. The number of nitrogens with one attached hydrogen (secondary N) is 2. The summed E-state index contributed by atoms with van der Waals surface area (Å²) in [6, 6.07) is 17.5. The van der Waals surface area contributed by atoms with Gasteiger partial charge in [0.2, 0.25) is 11.8 Å². The molecule has 224 valence electrons. The van der Waals surface area contributed by atoms with Crippen LogP contribution in [-0.4, -0.2) is 44.0 Å². The summed E-state index contributed by atoms with van der Waals surface area (Å²) >= 11 is 1.55. The number of carbonyl (C=O) groups is 2. The first-order valence-electron chi connectivity index (χ1n) is 14.2. The average Bonchev–Trinajstić information content (AvgIpc) is 3.04. The Morgan fingerprint density at radius 2 is 1.50 bits per heavy atom. The maximum absolute atomic E-state index is 12.3. The lowest BCUT2D eigenvalue weighted by atomic mass is 10.0. The molecule has 1 saturated heterocycles. The Morgan fingerprint density at radius 1 is 0.857 bits per heavy atom. The van der Waals surface area contributed by atoms with E-state index >= 15 is 0 Å². The van der Waals surface area contributed by atoms with E-state index in [9.17, 15) is 14.7 Å². The standard InChI is InChI=1S/C31H38N4O6S/c36-20-23-10-12-24(13-11-23)27-18-26(21-42-31-32-16-5-17-33-31)40-30(41-27)25-14-8-22(9-15-25)19-34-28(37)6-3-1-2-4-7-29(38)35-39/h5,8-17,26-27,30,36,39H,1-4,6-7,18-21H2,(H,34,37)(H,35,38). The van der Waals surface area contributed by atoms with Gasteiger partial charge in [0, 0.05) is 49.5 Å². The van der Waals surface area contributed by atoms with Gasteiger partial charge in [0.1, 0.15) is 0 Å². The van der Waals surface area contributed by atoms with Crippen LogP contribution in [0.25, 0.3) is 0 Å². The zero-order valence-corrected chi connectivity index (χ0v) is 24.3. The quantitative estimate of drug-likeness (QED) is 0.0643. The highest BCUT2D eigenvalue weighted by molar-refractivity contribution is 7.99. The van der Waals surface area contributed by atoms with Crippen LogP contribution in [0.15, 0.2) is 72.1 Å². The van der Waals surface area contributed by atoms with E-state index in [4.69, 9.17) is 14.7 Å². The van der Waals surface area contributed by atoms with Gasteiger partial charge in [0.05, 0.1) is 18.8 Å². The lowest BCUT2D eigenvalue weighted by molar-refractivity contribution is -0.245. The molecule has 42 heavy (non-hydrogen) atoms. The highest BCUT2D eigenvalue weighted by Crippen LogP contribution is 2.39. The first kappa shape index (κ1) is 31.6. The highest BCUT2D eigenvalue weighted by atomic mass is 32.2. The van der Waals surface area contributed by atoms with Gasteiger partial charge in [0.25, 0.3) is 0 Å². The molecule has 0 saturated carbocycles. The number of ether oxygens (including phenoxy) is 2. The van der Waals surface area contributed by atoms with Crippen LogP contribution in [0.4, 0.5) is 0 Å². The van der Waals surface area contributed by atoms with E-state index in [1.165, 1.54) is 0 Å². The van der Waals surface area contributed by atoms with E-state index < -0.39 is 6.29 Å². The van der Waals surface area contributed by atoms with E-state index in [2.05, 4.69) is 15.3 Å². The van der Waals surface area contributed by atoms with Crippen LogP contribution >= 0.6 is 11.8 Å². The number of carbonyl (C=O) groups excluding carboxylic acids is 2. The molecule has 3 atom stereocenters. The Balaban J connectivity index is 1.30. The van der Waals surface area contributed by atoms with Crippen LogP contribution in [0.5, 0.6) is 0 Å². The Labute approximate surface area is 250 Å². The van der Waals surface area contributed by atoms with Gasteiger partial charge in [0.15, 0.2) is 11.4 Å². The minimum absolute atomic E-state index is 0.00588. The maximum atomic E-state index is 12.3. The molecule has 0 radical (unpaired) electrons. The zero-order chi connectivity index (χ0) is 29.6. The third-order valence-electron chi connectivity index (χ3n) is 6.98. The van der Waals surface area contributed by atoms with Gasteiger partial charge < -0.3 is 19.9 Å². The molecule has 1 aromatic heterocycles. The van der Waals surface area contributed by atoms with E-state index in [0.717, 1.165) is 41.5 Å². The number of nitrogens with zero attached hydrogens (tertiary/aromatic N) is 2. The van der Waals surface area contributed by atoms with E-state index in [1.54, 1.807) is 35.7 Å². The Kier molecular flexibility index (Phi) is 12.7. The van der Waals surface area contributed by atoms with Crippen molar-refractivity contribution in [1.82, 2.24) is 20.8 Å². The summed E-state index contributed by atoms with van der Waals surface area (Å²) in [6.45, 7) is 0.423. The van der Waals surface area contributed by atoms with E-state index in [1.807, 2.05) is 48.5 Å². The van der Waals surface area contributed by atoms with Crippen molar-refractivity contribution < 1.29 is 29.4 Å². The number of thioether (sulfide) groups is 1. The molecule has 10 nitrogen and oxygen atoms in total. The number of rotatable bonds is 15. The number of hydrogen-bond donors (Lipinski definition) is 4. The van der Waals surface area contributed by atoms with Crippen LogP contribution in [0, 0.1) is 0 Å². The Morgan fingerprint density at radius 3 is 2.17 bits per heavy atom. The molecule has 2 amide bonds. The normalized spacial score (nSPS) is 18.4. The van der Waals surface area contributed by atoms with Crippen molar-refractivity contribution in [2.45, 2.75) is 81.8 Å². The van der Waals surface area contributed by atoms with Gasteiger partial charge in [-0.3, -0.25) is 14.8 Å². The monoisotopic (exact) mass is 594 g/mol. The van der Waals surface area contributed by atoms with Crippen molar-refractivity contribution >= 4 is 23.6 Å². The molecule has 0 aliphatic carbocycles. The molecule has 2 heterocycles. The average molecular weight is 595 g/mol. The number of unbranched alkanes of at least 4 members (excludes halogenated alkanes) is 3. The molecule has 3 aromatic rings. The predicted octanol–water partition coefficient (Wildman–Crippen LogP) is 4.77. The molecular formula is C31H38N4O6S. The molecule has 1 aliphatic heterocycles. The second-order valence-corrected chi connectivity index (χ2v) is 11.1. The second kappa shape index (κ2) is 16.9. The summed E-state index contributed by atoms with van der Waals surface area (Å²) in [5.41, 5.74) is 5.37. The molecule has 1 aliphatic rings. The van der Waals surface area contributed by atoms with Gasteiger partial charge in [-0.15, -0.1) is 0 Å². The number of hydrogen-bond acceptors (Lipinski definition) is 9. The van der Waals surface area contributed by atoms with Crippen molar-refractivity contribution in [3.63, 3.8) is 0 Å². The number of aliphatic hydroxyl groups excluding tert-OH is 1. The van der Waals surface area contributed by atoms with Crippen LogP contribution in [0.1, 0.15) is 79.6 Å². The summed E-state index contributed by atoms with van der Waals surface area (Å²) in [5.74, 6) is 0.284. The highest BCUT2D eigenvalue weighted by Gasteiger charge is 2.32. The molecule has 4 rings (SSSR count). The first-order chi connectivity index (χ1) is 20.5. The van der Waals surface area contributed by atoms with Gasteiger partial charge in [-0.05, 0) is 35.6 Å². The van der Waals surface area contributed by atoms with Crippen LogP contribution < -0.4 is 10.8 Å². The summed E-state index contributed by atoms with van der Waals surface area (Å²) in [6.07, 6.45) is 7.15. The molecule has 0 spiro atoms. The van der Waals surface area contributed by atoms with Crippen LogP contribution in [-0.2, 0) is 32.2 Å². The van der Waals surface area contributed by atoms with Gasteiger partial charge in [-0.1, -0.05) is 73.1 Å². The topological polar surface area (TPSA) is 143 Å². The van der Waals surface area contributed by atoms with E-state index in [0.29, 0.717) is 36.7 Å². The summed E-state index contributed by atoms with van der Waals surface area (Å²) in [5, 5.41) is 21.6. The molecule has 3 unspecified atom stereocenters. The first-order valence-corrected chi connectivity index (χ1v) is 15.2. The van der Waals surface area contributed by atoms with Crippen molar-refractivity contribution in [2.75, 3.05) is 5.75 Å². The number of aromatic nitrogens is 2. The molecule has 4 N–H and O–H groups in total. The fourth-order valence-corrected chi connectivity index (χ4v) is 5.43. The van der Waals surface area contributed by atoms with Gasteiger partial charge >= 0.3 is 0 Å². The molecule has 11 heteroatoms. The zero-order valence-electron chi connectivity index (χ0n) is 23.5. The number of hydroxylamine groups is 1. The molecular weight excluding hydrogens is 556 g/mol. The number of amides is 2. The van der Waals surface area contributed by atoms with Crippen molar-refractivity contribution in [3.05, 3.63) is 89.2 Å². The summed E-state index contributed by atoms with van der Waals surface area (Å²) in [7, 11) is 0. The fraction of sp³-hybridized carbons (Fsp3) is 0.419. The third-order valence-corrected chi connectivity index (χ3v) is 7.99. The van der Waals surface area contributed by atoms with E-state index in [-0.39, 0.29) is 37.0 Å². The third kappa shape index (κ3) is 10.2. The smallest absolute Gasteiger partial charge is 0.243 e. The molecule has 2 aromatic carbocycles. The van der Waals surface area contributed by atoms with Crippen molar-refractivity contribution in [2.24, 2.45) is 0 Å². The Bertz CT molecular complexity index is 1250. The number of aliphatic hydroxyl groups is 1. The summed E-state index contributed by atoms with van der Waals surface area (Å²) < 4.78 is 12.8. The second-order valence-electron chi connectivity index (χ2n) is 10.2. The molecule has 0 bridgehead atoms. The summed E-state index contributed by atoms with van der Waals surface area (Å²) in [4.78, 5) is 31.9. The van der Waals surface area contributed by atoms with Crippen LogP contribution in [0.3, 0.4) is 0 Å². The van der Waals surface area contributed by atoms with Gasteiger partial charge in [-0.2, -0.15) is 0 Å². The minimum Gasteiger partial charge on any atom is -0.392 e. The minimum atomic E-state index is -0.560. The van der Waals surface area contributed by atoms with Crippen molar-refractivity contribution in [3.8, 4) is 0 Å². The number of benzene rings is 2.